The van der Waals surface area contributed by atoms with Gasteiger partial charge in [-0.2, -0.15) is 10.1 Å². The maximum absolute atomic E-state index is 12.5. The van der Waals surface area contributed by atoms with Gasteiger partial charge in [0.1, 0.15) is 12.4 Å². The Hall–Kier alpha value is -3.29. The predicted molar refractivity (Wildman–Crippen MR) is 103 cm³/mol. The lowest BCUT2D eigenvalue weighted by molar-refractivity contribution is -0.145. The van der Waals surface area contributed by atoms with Crippen molar-refractivity contribution < 1.29 is 14.3 Å². The van der Waals surface area contributed by atoms with E-state index in [-0.39, 0.29) is 12.3 Å². The van der Waals surface area contributed by atoms with Gasteiger partial charge in [0.05, 0.1) is 7.11 Å². The molecule has 28 heavy (non-hydrogen) atoms. The second kappa shape index (κ2) is 8.60. The van der Waals surface area contributed by atoms with Crippen molar-refractivity contribution in [1.82, 2.24) is 24.9 Å². The average molecular weight is 381 g/mol. The highest BCUT2D eigenvalue weighted by Crippen LogP contribution is 2.15. The minimum atomic E-state index is -0.724. The molecule has 0 aliphatic heterocycles. The van der Waals surface area contributed by atoms with E-state index in [1.807, 2.05) is 44.2 Å². The summed E-state index contributed by atoms with van der Waals surface area (Å²) in [6.07, 6.45) is 2.55. The van der Waals surface area contributed by atoms with E-state index in [9.17, 15) is 9.59 Å². The largest absolute Gasteiger partial charge is 0.467 e. The molecule has 0 aliphatic rings. The first kappa shape index (κ1) is 19.5. The Labute approximate surface area is 163 Å². The summed E-state index contributed by atoms with van der Waals surface area (Å²) >= 11 is 0. The molecule has 1 atom stereocenters. The van der Waals surface area contributed by atoms with Gasteiger partial charge >= 0.3 is 5.97 Å². The molecule has 3 aromatic rings. The quantitative estimate of drug-likeness (QED) is 0.624. The molecular formula is C20H23N5O3. The number of hydrogen-bond donors (Lipinski definition) is 1. The van der Waals surface area contributed by atoms with E-state index in [0.29, 0.717) is 18.6 Å². The van der Waals surface area contributed by atoms with E-state index in [0.717, 1.165) is 22.5 Å². The van der Waals surface area contributed by atoms with E-state index in [4.69, 9.17) is 4.74 Å². The molecule has 2 aromatic heterocycles. The van der Waals surface area contributed by atoms with Gasteiger partial charge in [-0.25, -0.2) is 14.3 Å². The van der Waals surface area contributed by atoms with Crippen LogP contribution in [0, 0.1) is 13.8 Å². The van der Waals surface area contributed by atoms with Gasteiger partial charge in [0, 0.05) is 24.2 Å². The van der Waals surface area contributed by atoms with Gasteiger partial charge in [-0.3, -0.25) is 4.79 Å². The standard InChI is InChI=1S/C20H23N5O3/c1-13-16(14(2)25-20(23-13)21-12-22-25)9-10-18(26)24-17(19(27)28-3)11-15-7-5-4-6-8-15/h4-8,12,17H,9-11H2,1-3H3,(H,24,26)/t17-/m0/s1. The summed E-state index contributed by atoms with van der Waals surface area (Å²) in [5.74, 6) is -0.143. The number of amides is 1. The van der Waals surface area contributed by atoms with Crippen molar-refractivity contribution >= 4 is 17.7 Å². The molecule has 0 spiro atoms. The molecule has 8 nitrogen and oxygen atoms in total. The molecule has 1 amide bonds. The van der Waals surface area contributed by atoms with Crippen LogP contribution >= 0.6 is 0 Å². The average Bonchev–Trinajstić information content (AvgIpc) is 3.16. The molecule has 0 saturated carbocycles. The van der Waals surface area contributed by atoms with Crippen molar-refractivity contribution in [2.75, 3.05) is 7.11 Å². The fourth-order valence-corrected chi connectivity index (χ4v) is 3.21. The van der Waals surface area contributed by atoms with Crippen LogP contribution in [0.4, 0.5) is 0 Å². The van der Waals surface area contributed by atoms with Crippen molar-refractivity contribution in [3.8, 4) is 0 Å². The smallest absolute Gasteiger partial charge is 0.328 e. The van der Waals surface area contributed by atoms with Crippen LogP contribution in [0.15, 0.2) is 36.7 Å². The lowest BCUT2D eigenvalue weighted by Crippen LogP contribution is -2.43. The lowest BCUT2D eigenvalue weighted by atomic mass is 10.0. The molecule has 0 radical (unpaired) electrons. The fraction of sp³-hybridized carbons (Fsp3) is 0.350. The number of benzene rings is 1. The molecule has 0 bridgehead atoms. The van der Waals surface area contributed by atoms with Crippen LogP contribution in [0.5, 0.6) is 0 Å². The molecule has 0 fully saturated rings. The highest BCUT2D eigenvalue weighted by atomic mass is 16.5. The third-order valence-corrected chi connectivity index (χ3v) is 4.69. The molecule has 0 unspecified atom stereocenters. The number of esters is 1. The van der Waals surface area contributed by atoms with E-state index in [2.05, 4.69) is 20.4 Å². The second-order valence-corrected chi connectivity index (χ2v) is 6.57. The summed E-state index contributed by atoms with van der Waals surface area (Å²) in [7, 11) is 1.32. The van der Waals surface area contributed by atoms with Gasteiger partial charge in [-0.1, -0.05) is 30.3 Å². The summed E-state index contributed by atoms with van der Waals surface area (Å²) in [6.45, 7) is 3.82. The number of ether oxygens (including phenoxy) is 1. The molecule has 0 aliphatic carbocycles. The van der Waals surface area contributed by atoms with Crippen LogP contribution < -0.4 is 5.32 Å². The zero-order chi connectivity index (χ0) is 20.1. The van der Waals surface area contributed by atoms with Crippen LogP contribution in [0.1, 0.15) is 28.9 Å². The first-order chi connectivity index (χ1) is 13.5. The van der Waals surface area contributed by atoms with Crippen molar-refractivity contribution in [3.63, 3.8) is 0 Å². The van der Waals surface area contributed by atoms with E-state index >= 15 is 0 Å². The Kier molecular flexibility index (Phi) is 5.98. The normalized spacial score (nSPS) is 12.0. The van der Waals surface area contributed by atoms with Gasteiger partial charge in [0.2, 0.25) is 5.91 Å². The highest BCUT2D eigenvalue weighted by molar-refractivity contribution is 5.84. The molecule has 146 valence electrons. The summed E-state index contributed by atoms with van der Waals surface area (Å²) in [6, 6.07) is 8.79. The molecule has 0 saturated heterocycles. The van der Waals surface area contributed by atoms with E-state index in [1.165, 1.54) is 13.4 Å². The fourth-order valence-electron chi connectivity index (χ4n) is 3.21. The molecule has 2 heterocycles. The number of nitrogens with zero attached hydrogens (tertiary/aromatic N) is 4. The van der Waals surface area contributed by atoms with Gasteiger partial charge < -0.3 is 10.1 Å². The first-order valence-corrected chi connectivity index (χ1v) is 9.06. The number of methoxy groups -OCH3 is 1. The SMILES string of the molecule is COC(=O)[C@H](Cc1ccccc1)NC(=O)CCc1c(C)nc2ncnn2c1C. The van der Waals surface area contributed by atoms with Gasteiger partial charge in [0.15, 0.2) is 0 Å². The number of nitrogens with one attached hydrogen (secondary N) is 1. The Morgan fingerprint density at radius 1 is 1.21 bits per heavy atom. The number of carbonyl (C=O) groups excluding carboxylic acids is 2. The monoisotopic (exact) mass is 381 g/mol. The van der Waals surface area contributed by atoms with Crippen molar-refractivity contribution in [3.05, 3.63) is 59.2 Å². The van der Waals surface area contributed by atoms with Crippen molar-refractivity contribution in [2.24, 2.45) is 0 Å². The van der Waals surface area contributed by atoms with Gasteiger partial charge in [-0.05, 0) is 31.4 Å². The third kappa shape index (κ3) is 4.33. The minimum Gasteiger partial charge on any atom is -0.467 e. The van der Waals surface area contributed by atoms with Crippen LogP contribution in [0.25, 0.3) is 5.78 Å². The van der Waals surface area contributed by atoms with Crippen LogP contribution in [-0.2, 0) is 27.2 Å². The Morgan fingerprint density at radius 3 is 2.68 bits per heavy atom. The maximum Gasteiger partial charge on any atom is 0.328 e. The summed E-state index contributed by atoms with van der Waals surface area (Å²) in [4.78, 5) is 33.1. The van der Waals surface area contributed by atoms with Crippen LogP contribution in [0.2, 0.25) is 0 Å². The second-order valence-electron chi connectivity index (χ2n) is 6.57. The first-order valence-electron chi connectivity index (χ1n) is 9.06. The molecule has 3 rings (SSSR count). The Bertz CT molecular complexity index is 984. The molecule has 1 N–H and O–H groups in total. The Balaban J connectivity index is 1.67. The topological polar surface area (TPSA) is 98.5 Å². The predicted octanol–water partition coefficient (Wildman–Crippen LogP) is 1.57. The number of hydrogen-bond acceptors (Lipinski definition) is 6. The Morgan fingerprint density at radius 2 is 1.96 bits per heavy atom. The zero-order valence-electron chi connectivity index (χ0n) is 16.2. The summed E-state index contributed by atoms with van der Waals surface area (Å²) in [5, 5.41) is 6.95. The highest BCUT2D eigenvalue weighted by Gasteiger charge is 2.22. The summed E-state index contributed by atoms with van der Waals surface area (Å²) < 4.78 is 6.50. The summed E-state index contributed by atoms with van der Waals surface area (Å²) in [5.41, 5.74) is 3.62. The number of rotatable bonds is 7. The van der Waals surface area contributed by atoms with Crippen molar-refractivity contribution in [2.45, 2.75) is 39.2 Å². The number of aryl methyl sites for hydroxylation is 2. The van der Waals surface area contributed by atoms with E-state index < -0.39 is 12.0 Å². The van der Waals surface area contributed by atoms with Gasteiger partial charge in [0.25, 0.3) is 5.78 Å². The van der Waals surface area contributed by atoms with Crippen LogP contribution in [-0.4, -0.2) is 44.6 Å². The van der Waals surface area contributed by atoms with Crippen LogP contribution in [0.3, 0.4) is 0 Å². The lowest BCUT2D eigenvalue weighted by Gasteiger charge is -2.17. The number of fused-ring (bicyclic) bond motifs is 1. The minimum absolute atomic E-state index is 0.219. The molecule has 8 heteroatoms. The zero-order valence-corrected chi connectivity index (χ0v) is 16.2. The number of carbonyl (C=O) groups is 2. The maximum atomic E-state index is 12.5. The van der Waals surface area contributed by atoms with Gasteiger partial charge in [-0.15, -0.1) is 0 Å². The molecule has 1 aromatic carbocycles. The molecular weight excluding hydrogens is 358 g/mol. The number of aromatic nitrogens is 4. The third-order valence-electron chi connectivity index (χ3n) is 4.69. The van der Waals surface area contributed by atoms with E-state index in [1.54, 1.807) is 4.52 Å². The van der Waals surface area contributed by atoms with Crippen molar-refractivity contribution in [1.29, 1.82) is 0 Å².